The van der Waals surface area contributed by atoms with Gasteiger partial charge in [-0.2, -0.15) is 0 Å². The van der Waals surface area contributed by atoms with Gasteiger partial charge in [0, 0.05) is 31.5 Å². The number of hydrogen-bond acceptors (Lipinski definition) is 4. The van der Waals surface area contributed by atoms with E-state index in [1.54, 1.807) is 0 Å². The second-order valence-electron chi connectivity index (χ2n) is 4.32. The summed E-state index contributed by atoms with van der Waals surface area (Å²) in [6.45, 7) is 2.34. The lowest BCUT2D eigenvalue weighted by Gasteiger charge is -2.16. The van der Waals surface area contributed by atoms with Crippen LogP contribution in [0, 0.1) is 5.92 Å². The Kier molecular flexibility index (Phi) is 2.46. The van der Waals surface area contributed by atoms with E-state index < -0.39 is 0 Å². The molecule has 0 bridgehead atoms. The standard InChI is InChI=1S/C12H15NO3/c14-6-9-4-13-5-10(9)8-1-2-11-12(3-8)16-7-15-11/h1-3,9-10,13-14H,4-7H2/t9-,10+/m1/s1. The molecule has 0 amide bonds. The van der Waals surface area contributed by atoms with E-state index in [1.807, 2.05) is 12.1 Å². The van der Waals surface area contributed by atoms with E-state index >= 15 is 0 Å². The zero-order valence-electron chi connectivity index (χ0n) is 8.98. The minimum absolute atomic E-state index is 0.228. The third-order valence-corrected chi connectivity index (χ3v) is 3.40. The van der Waals surface area contributed by atoms with Crippen LogP contribution in [0.3, 0.4) is 0 Å². The molecule has 1 aromatic rings. The van der Waals surface area contributed by atoms with Crippen molar-refractivity contribution in [3.8, 4) is 11.5 Å². The van der Waals surface area contributed by atoms with Gasteiger partial charge in [0.1, 0.15) is 0 Å². The highest BCUT2D eigenvalue weighted by atomic mass is 16.7. The summed E-state index contributed by atoms with van der Waals surface area (Å²) in [5, 5.41) is 12.6. The number of aliphatic hydroxyl groups excluding tert-OH is 1. The Morgan fingerprint density at radius 1 is 1.25 bits per heavy atom. The molecule has 86 valence electrons. The highest BCUT2D eigenvalue weighted by molar-refractivity contribution is 5.45. The Balaban J connectivity index is 1.89. The minimum atomic E-state index is 0.228. The molecule has 2 aliphatic rings. The van der Waals surface area contributed by atoms with Crippen LogP contribution in [0.1, 0.15) is 11.5 Å². The van der Waals surface area contributed by atoms with E-state index in [1.165, 1.54) is 5.56 Å². The highest BCUT2D eigenvalue weighted by Crippen LogP contribution is 2.37. The molecule has 4 heteroatoms. The van der Waals surface area contributed by atoms with Crippen molar-refractivity contribution < 1.29 is 14.6 Å². The summed E-state index contributed by atoms with van der Waals surface area (Å²) >= 11 is 0. The Morgan fingerprint density at radius 3 is 3.00 bits per heavy atom. The van der Waals surface area contributed by atoms with Crippen molar-refractivity contribution in [3.05, 3.63) is 23.8 Å². The fourth-order valence-corrected chi connectivity index (χ4v) is 2.46. The van der Waals surface area contributed by atoms with Crippen LogP contribution in [0.2, 0.25) is 0 Å². The van der Waals surface area contributed by atoms with Crippen LogP contribution in [0.25, 0.3) is 0 Å². The van der Waals surface area contributed by atoms with Crippen LogP contribution in [0.4, 0.5) is 0 Å². The first-order valence-electron chi connectivity index (χ1n) is 5.59. The molecule has 1 saturated heterocycles. The van der Waals surface area contributed by atoms with Crippen LogP contribution in [0.15, 0.2) is 18.2 Å². The zero-order valence-corrected chi connectivity index (χ0v) is 8.98. The number of nitrogens with one attached hydrogen (secondary N) is 1. The number of ether oxygens (including phenoxy) is 2. The van der Waals surface area contributed by atoms with Crippen molar-refractivity contribution >= 4 is 0 Å². The van der Waals surface area contributed by atoms with Crippen LogP contribution in [-0.4, -0.2) is 31.6 Å². The number of fused-ring (bicyclic) bond motifs is 1. The van der Waals surface area contributed by atoms with Gasteiger partial charge in [-0.15, -0.1) is 0 Å². The summed E-state index contributed by atoms with van der Waals surface area (Å²) in [6.07, 6.45) is 0. The summed E-state index contributed by atoms with van der Waals surface area (Å²) in [6, 6.07) is 6.04. The number of aliphatic hydroxyl groups is 1. The van der Waals surface area contributed by atoms with Gasteiger partial charge >= 0.3 is 0 Å². The maximum absolute atomic E-state index is 9.30. The summed E-state index contributed by atoms with van der Waals surface area (Å²) in [7, 11) is 0. The van der Waals surface area contributed by atoms with Crippen LogP contribution < -0.4 is 14.8 Å². The fourth-order valence-electron chi connectivity index (χ4n) is 2.46. The molecule has 4 nitrogen and oxygen atoms in total. The number of rotatable bonds is 2. The molecular weight excluding hydrogens is 206 g/mol. The maximum atomic E-state index is 9.30. The molecule has 0 aromatic heterocycles. The van der Waals surface area contributed by atoms with Gasteiger partial charge in [0.25, 0.3) is 0 Å². The molecule has 1 fully saturated rings. The van der Waals surface area contributed by atoms with E-state index in [0.717, 1.165) is 24.6 Å². The van der Waals surface area contributed by atoms with Gasteiger partial charge in [0.2, 0.25) is 6.79 Å². The van der Waals surface area contributed by atoms with Crippen molar-refractivity contribution in [1.29, 1.82) is 0 Å². The molecule has 0 aliphatic carbocycles. The monoisotopic (exact) mass is 221 g/mol. The molecule has 0 saturated carbocycles. The Morgan fingerprint density at radius 2 is 2.12 bits per heavy atom. The lowest BCUT2D eigenvalue weighted by molar-refractivity contribution is 0.174. The van der Waals surface area contributed by atoms with Gasteiger partial charge in [-0.1, -0.05) is 6.07 Å². The van der Waals surface area contributed by atoms with Crippen LogP contribution in [0.5, 0.6) is 11.5 Å². The van der Waals surface area contributed by atoms with E-state index in [4.69, 9.17) is 9.47 Å². The normalized spacial score (nSPS) is 27.3. The van der Waals surface area contributed by atoms with Crippen LogP contribution >= 0.6 is 0 Å². The van der Waals surface area contributed by atoms with Crippen molar-refractivity contribution in [2.45, 2.75) is 5.92 Å². The van der Waals surface area contributed by atoms with Crippen molar-refractivity contribution in [2.24, 2.45) is 5.92 Å². The second-order valence-corrected chi connectivity index (χ2v) is 4.32. The average molecular weight is 221 g/mol. The zero-order chi connectivity index (χ0) is 11.0. The molecule has 0 unspecified atom stereocenters. The largest absolute Gasteiger partial charge is 0.454 e. The topological polar surface area (TPSA) is 50.7 Å². The van der Waals surface area contributed by atoms with Gasteiger partial charge < -0.3 is 19.9 Å². The number of hydrogen-bond donors (Lipinski definition) is 2. The maximum Gasteiger partial charge on any atom is 0.231 e. The molecule has 3 rings (SSSR count). The first kappa shape index (κ1) is 9.93. The first-order chi connectivity index (χ1) is 7.88. The fraction of sp³-hybridized carbons (Fsp3) is 0.500. The number of benzene rings is 1. The Hall–Kier alpha value is -1.26. The van der Waals surface area contributed by atoms with E-state index in [0.29, 0.717) is 18.6 Å². The third kappa shape index (κ3) is 1.54. The minimum Gasteiger partial charge on any atom is -0.454 e. The lowest BCUT2D eigenvalue weighted by atomic mass is 9.89. The molecular formula is C12H15NO3. The molecule has 1 aromatic carbocycles. The second kappa shape index (κ2) is 3.96. The molecule has 2 N–H and O–H groups in total. The van der Waals surface area contributed by atoms with Gasteiger partial charge in [0.05, 0.1) is 0 Å². The molecule has 2 atom stereocenters. The van der Waals surface area contributed by atoms with E-state index in [-0.39, 0.29) is 6.61 Å². The van der Waals surface area contributed by atoms with E-state index in [2.05, 4.69) is 11.4 Å². The van der Waals surface area contributed by atoms with Crippen molar-refractivity contribution in [1.82, 2.24) is 5.32 Å². The highest BCUT2D eigenvalue weighted by Gasteiger charge is 2.28. The van der Waals surface area contributed by atoms with Gasteiger partial charge in [0.15, 0.2) is 11.5 Å². The predicted molar refractivity (Wildman–Crippen MR) is 58.8 cm³/mol. The molecule has 2 aliphatic heterocycles. The molecule has 0 spiro atoms. The van der Waals surface area contributed by atoms with Gasteiger partial charge in [-0.25, -0.2) is 0 Å². The Bertz CT molecular complexity index is 394. The SMILES string of the molecule is OC[C@H]1CNC[C@H]1c1ccc2c(c1)OCO2. The lowest BCUT2D eigenvalue weighted by Crippen LogP contribution is -2.14. The molecule has 0 radical (unpaired) electrons. The summed E-state index contributed by atoms with van der Waals surface area (Å²) in [4.78, 5) is 0. The van der Waals surface area contributed by atoms with E-state index in [9.17, 15) is 5.11 Å². The predicted octanol–water partition coefficient (Wildman–Crippen LogP) is 0.711. The van der Waals surface area contributed by atoms with Gasteiger partial charge in [-0.05, 0) is 17.7 Å². The van der Waals surface area contributed by atoms with Crippen molar-refractivity contribution in [3.63, 3.8) is 0 Å². The quantitative estimate of drug-likeness (QED) is 0.772. The summed E-state index contributed by atoms with van der Waals surface area (Å²) < 4.78 is 10.6. The smallest absolute Gasteiger partial charge is 0.231 e. The summed E-state index contributed by atoms with van der Waals surface area (Å²) in [5.74, 6) is 2.32. The summed E-state index contributed by atoms with van der Waals surface area (Å²) in [5.41, 5.74) is 1.22. The van der Waals surface area contributed by atoms with Crippen molar-refractivity contribution in [2.75, 3.05) is 26.5 Å². The first-order valence-corrected chi connectivity index (χ1v) is 5.59. The molecule has 2 heterocycles. The average Bonchev–Trinajstić information content (AvgIpc) is 2.96. The van der Waals surface area contributed by atoms with Crippen LogP contribution in [-0.2, 0) is 0 Å². The Labute approximate surface area is 94.2 Å². The van der Waals surface area contributed by atoms with Gasteiger partial charge in [-0.3, -0.25) is 0 Å². The molecule has 16 heavy (non-hydrogen) atoms. The third-order valence-electron chi connectivity index (χ3n) is 3.40.